The zero-order chi connectivity index (χ0) is 19.3. The fourth-order valence-corrected chi connectivity index (χ4v) is 4.12. The van der Waals surface area contributed by atoms with Gasteiger partial charge in [0.25, 0.3) is 10.0 Å². The number of hydrogen-bond acceptors (Lipinski definition) is 5. The van der Waals surface area contributed by atoms with Crippen molar-refractivity contribution in [3.8, 4) is 0 Å². The van der Waals surface area contributed by atoms with Crippen LogP contribution in [0.1, 0.15) is 5.56 Å². The minimum Gasteiger partial charge on any atom is -0.323 e. The molecule has 9 heteroatoms. The van der Waals surface area contributed by atoms with Gasteiger partial charge in [-0.2, -0.15) is 0 Å². The maximum atomic E-state index is 12.3. The number of thiazole rings is 1. The van der Waals surface area contributed by atoms with E-state index in [4.69, 9.17) is 11.6 Å². The fourth-order valence-electron chi connectivity index (χ4n) is 2.13. The van der Waals surface area contributed by atoms with Gasteiger partial charge in [-0.25, -0.2) is 13.4 Å². The molecule has 6 nitrogen and oxygen atoms in total. The number of carbonyl (C=O) groups is 1. The maximum Gasteiger partial charge on any atom is 0.263 e. The maximum absolute atomic E-state index is 12.3. The monoisotopic (exact) mass is 419 g/mol. The van der Waals surface area contributed by atoms with Crippen molar-refractivity contribution in [2.24, 2.45) is 0 Å². The Balaban J connectivity index is 1.64. The van der Waals surface area contributed by atoms with Crippen LogP contribution >= 0.6 is 22.9 Å². The van der Waals surface area contributed by atoms with Gasteiger partial charge in [0.2, 0.25) is 5.91 Å². The normalized spacial score (nSPS) is 11.4. The number of sulfonamides is 1. The molecular weight excluding hydrogens is 406 g/mol. The van der Waals surface area contributed by atoms with E-state index in [1.54, 1.807) is 29.7 Å². The molecule has 1 heterocycles. The fraction of sp³-hybridized carbons (Fsp3) is 0. The average molecular weight is 420 g/mol. The number of carbonyl (C=O) groups excluding carboxylic acids is 1. The Kier molecular flexibility index (Phi) is 5.90. The standard InChI is InChI=1S/C18H14ClN3O3S2/c19-14-3-1-2-13(12-14)4-9-17(23)21-15-5-7-16(8-6-15)27(24,25)22-18-20-10-11-26-18/h1-12H,(H,20,22)(H,21,23)/b9-4+. The molecule has 27 heavy (non-hydrogen) atoms. The van der Waals surface area contributed by atoms with Gasteiger partial charge in [-0.3, -0.25) is 9.52 Å². The van der Waals surface area contributed by atoms with Crippen LogP contribution in [0.2, 0.25) is 5.02 Å². The van der Waals surface area contributed by atoms with Crippen molar-refractivity contribution in [1.82, 2.24) is 4.98 Å². The van der Waals surface area contributed by atoms with E-state index in [0.717, 1.165) is 5.56 Å². The molecule has 0 saturated carbocycles. The number of nitrogens with zero attached hydrogens (tertiary/aromatic N) is 1. The smallest absolute Gasteiger partial charge is 0.263 e. The number of anilines is 2. The summed E-state index contributed by atoms with van der Waals surface area (Å²) in [6, 6.07) is 12.9. The summed E-state index contributed by atoms with van der Waals surface area (Å²) in [5.41, 5.74) is 1.27. The Morgan fingerprint density at radius 1 is 1.15 bits per heavy atom. The highest BCUT2D eigenvalue weighted by Crippen LogP contribution is 2.19. The van der Waals surface area contributed by atoms with Crippen molar-refractivity contribution in [2.45, 2.75) is 4.90 Å². The van der Waals surface area contributed by atoms with Crippen molar-refractivity contribution in [2.75, 3.05) is 10.0 Å². The van der Waals surface area contributed by atoms with Gasteiger partial charge in [0.1, 0.15) is 0 Å². The third-order valence-corrected chi connectivity index (χ3v) is 5.77. The van der Waals surface area contributed by atoms with Gasteiger partial charge in [0.05, 0.1) is 4.90 Å². The summed E-state index contributed by atoms with van der Waals surface area (Å²) in [4.78, 5) is 16.0. The summed E-state index contributed by atoms with van der Waals surface area (Å²) in [6.07, 6.45) is 4.52. The zero-order valence-corrected chi connectivity index (χ0v) is 16.2. The van der Waals surface area contributed by atoms with Crippen LogP contribution in [0.25, 0.3) is 6.08 Å². The molecule has 0 saturated heterocycles. The van der Waals surface area contributed by atoms with Crippen LogP contribution in [0.4, 0.5) is 10.8 Å². The second-order valence-electron chi connectivity index (χ2n) is 5.34. The lowest BCUT2D eigenvalue weighted by Crippen LogP contribution is -2.13. The summed E-state index contributed by atoms with van der Waals surface area (Å²) in [7, 11) is -3.72. The Morgan fingerprint density at radius 2 is 1.93 bits per heavy atom. The molecule has 0 atom stereocenters. The molecule has 0 aliphatic heterocycles. The lowest BCUT2D eigenvalue weighted by atomic mass is 10.2. The molecule has 0 spiro atoms. The Hall–Kier alpha value is -2.68. The van der Waals surface area contributed by atoms with Crippen LogP contribution in [0.5, 0.6) is 0 Å². The van der Waals surface area contributed by atoms with Crippen LogP contribution in [-0.4, -0.2) is 19.3 Å². The number of aromatic nitrogens is 1. The van der Waals surface area contributed by atoms with E-state index in [2.05, 4.69) is 15.0 Å². The molecule has 2 aromatic carbocycles. The SMILES string of the molecule is O=C(/C=C/c1cccc(Cl)c1)Nc1ccc(S(=O)(=O)Nc2nccs2)cc1. The van der Waals surface area contributed by atoms with Crippen LogP contribution in [0.15, 0.2) is 71.1 Å². The predicted octanol–water partition coefficient (Wildman–Crippen LogP) is 4.25. The van der Waals surface area contributed by atoms with Crippen molar-refractivity contribution < 1.29 is 13.2 Å². The number of nitrogens with one attached hydrogen (secondary N) is 2. The van der Waals surface area contributed by atoms with Crippen LogP contribution in [-0.2, 0) is 14.8 Å². The molecule has 0 unspecified atom stereocenters. The van der Waals surface area contributed by atoms with E-state index in [1.807, 2.05) is 6.07 Å². The average Bonchev–Trinajstić information content (AvgIpc) is 3.13. The first-order valence-electron chi connectivity index (χ1n) is 7.69. The highest BCUT2D eigenvalue weighted by atomic mass is 35.5. The van der Waals surface area contributed by atoms with Crippen molar-refractivity contribution >= 4 is 55.8 Å². The molecule has 0 bridgehead atoms. The molecule has 0 fully saturated rings. The zero-order valence-electron chi connectivity index (χ0n) is 13.8. The minimum absolute atomic E-state index is 0.0742. The third-order valence-electron chi connectivity index (χ3n) is 3.36. The minimum atomic E-state index is -3.72. The molecule has 1 aromatic heterocycles. The Morgan fingerprint density at radius 3 is 2.59 bits per heavy atom. The molecule has 3 aromatic rings. The first kappa shape index (κ1) is 19.1. The molecule has 1 amide bonds. The van der Waals surface area contributed by atoms with Gasteiger partial charge in [-0.05, 0) is 48.0 Å². The number of benzene rings is 2. The second-order valence-corrected chi connectivity index (χ2v) is 8.36. The van der Waals surface area contributed by atoms with Gasteiger partial charge in [0.15, 0.2) is 5.13 Å². The summed E-state index contributed by atoms with van der Waals surface area (Å²) in [5.74, 6) is -0.341. The van der Waals surface area contributed by atoms with Crippen LogP contribution in [0.3, 0.4) is 0 Å². The van der Waals surface area contributed by atoms with E-state index in [9.17, 15) is 13.2 Å². The number of halogens is 1. The largest absolute Gasteiger partial charge is 0.323 e. The highest BCUT2D eigenvalue weighted by Gasteiger charge is 2.15. The van der Waals surface area contributed by atoms with Crippen molar-refractivity contribution in [3.63, 3.8) is 0 Å². The quantitative estimate of drug-likeness (QED) is 0.584. The van der Waals surface area contributed by atoms with Crippen molar-refractivity contribution in [3.05, 3.63) is 76.8 Å². The van der Waals surface area contributed by atoms with E-state index >= 15 is 0 Å². The highest BCUT2D eigenvalue weighted by molar-refractivity contribution is 7.93. The topological polar surface area (TPSA) is 88.2 Å². The third kappa shape index (κ3) is 5.40. The lowest BCUT2D eigenvalue weighted by molar-refractivity contribution is -0.111. The molecule has 0 aliphatic rings. The predicted molar refractivity (Wildman–Crippen MR) is 108 cm³/mol. The summed E-state index contributed by atoms with van der Waals surface area (Å²) in [5, 5.41) is 5.22. The molecule has 0 radical (unpaired) electrons. The molecule has 0 aliphatic carbocycles. The molecular formula is C18H14ClN3O3S2. The molecule has 138 valence electrons. The summed E-state index contributed by atoms with van der Waals surface area (Å²) in [6.45, 7) is 0. The van der Waals surface area contributed by atoms with Gasteiger partial charge >= 0.3 is 0 Å². The number of rotatable bonds is 6. The number of amides is 1. The van der Waals surface area contributed by atoms with Crippen LogP contribution in [0, 0.1) is 0 Å². The van der Waals surface area contributed by atoms with Crippen LogP contribution < -0.4 is 10.0 Å². The van der Waals surface area contributed by atoms with E-state index in [0.29, 0.717) is 15.8 Å². The van der Waals surface area contributed by atoms with E-state index in [-0.39, 0.29) is 10.8 Å². The van der Waals surface area contributed by atoms with Gasteiger partial charge in [0, 0.05) is 28.4 Å². The molecule has 2 N–H and O–H groups in total. The summed E-state index contributed by atoms with van der Waals surface area (Å²) >= 11 is 7.08. The summed E-state index contributed by atoms with van der Waals surface area (Å²) < 4.78 is 26.9. The first-order valence-corrected chi connectivity index (χ1v) is 10.4. The Bertz CT molecular complexity index is 1060. The van der Waals surface area contributed by atoms with Gasteiger partial charge in [-0.1, -0.05) is 23.7 Å². The second kappa shape index (κ2) is 8.34. The van der Waals surface area contributed by atoms with Gasteiger partial charge in [-0.15, -0.1) is 11.3 Å². The molecule has 3 rings (SSSR count). The van der Waals surface area contributed by atoms with E-state index < -0.39 is 10.0 Å². The van der Waals surface area contributed by atoms with Crippen molar-refractivity contribution in [1.29, 1.82) is 0 Å². The van der Waals surface area contributed by atoms with E-state index in [1.165, 1.54) is 47.9 Å². The first-order chi connectivity index (χ1) is 12.9. The number of hydrogen-bond donors (Lipinski definition) is 2. The Labute approximate surface area is 165 Å². The lowest BCUT2D eigenvalue weighted by Gasteiger charge is -2.07. The van der Waals surface area contributed by atoms with Gasteiger partial charge < -0.3 is 5.32 Å².